The Bertz CT molecular complexity index is 781. The van der Waals surface area contributed by atoms with E-state index in [1.807, 2.05) is 38.1 Å². The maximum absolute atomic E-state index is 12.6. The summed E-state index contributed by atoms with van der Waals surface area (Å²) >= 11 is 0. The molecule has 1 aliphatic rings. The number of rotatable bonds is 3. The van der Waals surface area contributed by atoms with E-state index in [1.54, 1.807) is 12.1 Å². The number of nitrogens with one attached hydrogen (secondary N) is 1. The van der Waals surface area contributed by atoms with Crippen LogP contribution in [0.15, 0.2) is 47.4 Å². The van der Waals surface area contributed by atoms with E-state index >= 15 is 0 Å². The smallest absolute Gasteiger partial charge is 0.207 e. The fourth-order valence-corrected chi connectivity index (χ4v) is 4.15. The molecule has 0 aromatic heterocycles. The molecule has 110 valence electrons. The molecule has 0 unspecified atom stereocenters. The van der Waals surface area contributed by atoms with E-state index < -0.39 is 10.0 Å². The predicted octanol–water partition coefficient (Wildman–Crippen LogP) is 3.27. The third-order valence-electron chi connectivity index (χ3n) is 4.22. The number of benzene rings is 2. The second-order valence-corrected chi connectivity index (χ2v) is 7.37. The molecule has 3 nitrogen and oxygen atoms in total. The van der Waals surface area contributed by atoms with Crippen molar-refractivity contribution in [2.45, 2.75) is 37.6 Å². The van der Waals surface area contributed by atoms with Gasteiger partial charge in [-0.3, -0.25) is 0 Å². The lowest BCUT2D eigenvalue weighted by Gasteiger charge is -2.15. The first-order chi connectivity index (χ1) is 9.97. The molecular weight excluding hydrogens is 282 g/mol. The number of sulfonamides is 1. The summed E-state index contributed by atoms with van der Waals surface area (Å²) in [5.41, 5.74) is 4.43. The molecule has 0 saturated heterocycles. The maximum Gasteiger partial charge on any atom is 0.241 e. The van der Waals surface area contributed by atoms with Gasteiger partial charge in [0.1, 0.15) is 0 Å². The van der Waals surface area contributed by atoms with Crippen molar-refractivity contribution >= 4 is 10.0 Å². The van der Waals surface area contributed by atoms with E-state index in [4.69, 9.17) is 0 Å². The molecule has 0 amide bonds. The number of fused-ring (bicyclic) bond motifs is 1. The van der Waals surface area contributed by atoms with E-state index in [2.05, 4.69) is 10.8 Å². The zero-order valence-corrected chi connectivity index (χ0v) is 13.1. The van der Waals surface area contributed by atoms with Crippen molar-refractivity contribution in [1.82, 2.24) is 4.72 Å². The summed E-state index contributed by atoms with van der Waals surface area (Å²) in [7, 11) is -3.48. The third-order valence-corrected chi connectivity index (χ3v) is 5.69. The standard InChI is InChI=1S/C17H19NO2S/c1-12-7-9-15(11-13(12)2)21(19,20)18-17-10-8-14-5-3-4-6-16(14)17/h3-7,9,11,17-18H,8,10H2,1-2H3/t17-/m1/s1. The zero-order chi connectivity index (χ0) is 15.0. The first kappa shape index (κ1) is 14.3. The van der Waals surface area contributed by atoms with Crippen molar-refractivity contribution in [1.29, 1.82) is 0 Å². The maximum atomic E-state index is 12.6. The summed E-state index contributed by atoms with van der Waals surface area (Å²) in [6.45, 7) is 3.91. The molecule has 0 fully saturated rings. The number of hydrogen-bond acceptors (Lipinski definition) is 2. The average Bonchev–Trinajstić information content (AvgIpc) is 2.85. The molecule has 0 heterocycles. The van der Waals surface area contributed by atoms with Gasteiger partial charge in [-0.05, 0) is 61.1 Å². The number of hydrogen-bond donors (Lipinski definition) is 1. The molecule has 0 bridgehead atoms. The molecule has 0 saturated carbocycles. The van der Waals surface area contributed by atoms with Crippen molar-refractivity contribution < 1.29 is 8.42 Å². The van der Waals surface area contributed by atoms with Gasteiger partial charge in [0.25, 0.3) is 0 Å². The molecular formula is C17H19NO2S. The molecule has 0 spiro atoms. The Morgan fingerprint density at radius 1 is 1.05 bits per heavy atom. The monoisotopic (exact) mass is 301 g/mol. The van der Waals surface area contributed by atoms with Crippen LogP contribution in [0.4, 0.5) is 0 Å². The summed E-state index contributed by atoms with van der Waals surface area (Å²) in [5.74, 6) is 0. The van der Waals surface area contributed by atoms with Crippen LogP contribution in [0.2, 0.25) is 0 Å². The first-order valence-electron chi connectivity index (χ1n) is 7.15. The highest BCUT2D eigenvalue weighted by atomic mass is 32.2. The van der Waals surface area contributed by atoms with Crippen LogP contribution in [-0.4, -0.2) is 8.42 Å². The second-order valence-electron chi connectivity index (χ2n) is 5.66. The van der Waals surface area contributed by atoms with Gasteiger partial charge in [0, 0.05) is 6.04 Å². The van der Waals surface area contributed by atoms with Gasteiger partial charge in [0.05, 0.1) is 4.90 Å². The van der Waals surface area contributed by atoms with E-state index in [-0.39, 0.29) is 6.04 Å². The van der Waals surface area contributed by atoms with E-state index in [0.717, 1.165) is 29.5 Å². The average molecular weight is 301 g/mol. The van der Waals surface area contributed by atoms with Gasteiger partial charge in [-0.2, -0.15) is 0 Å². The van der Waals surface area contributed by atoms with Crippen molar-refractivity contribution in [3.8, 4) is 0 Å². The molecule has 1 aliphatic carbocycles. The summed E-state index contributed by atoms with van der Waals surface area (Å²) in [6, 6.07) is 13.2. The van der Waals surface area contributed by atoms with Gasteiger partial charge in [-0.1, -0.05) is 30.3 Å². The summed E-state index contributed by atoms with van der Waals surface area (Å²) in [5, 5.41) is 0. The van der Waals surface area contributed by atoms with E-state index in [9.17, 15) is 8.42 Å². The van der Waals surface area contributed by atoms with Crippen molar-refractivity contribution in [2.75, 3.05) is 0 Å². The Kier molecular flexibility index (Phi) is 3.59. The van der Waals surface area contributed by atoms with Crippen molar-refractivity contribution in [2.24, 2.45) is 0 Å². The van der Waals surface area contributed by atoms with Gasteiger partial charge in [-0.25, -0.2) is 13.1 Å². The van der Waals surface area contributed by atoms with Crippen LogP contribution >= 0.6 is 0 Å². The fourth-order valence-electron chi connectivity index (χ4n) is 2.82. The van der Waals surface area contributed by atoms with Gasteiger partial charge >= 0.3 is 0 Å². The molecule has 3 rings (SSSR count). The predicted molar refractivity (Wildman–Crippen MR) is 83.7 cm³/mol. The topological polar surface area (TPSA) is 46.2 Å². The summed E-state index contributed by atoms with van der Waals surface area (Å²) in [4.78, 5) is 0.343. The zero-order valence-electron chi connectivity index (χ0n) is 12.3. The van der Waals surface area contributed by atoms with Crippen LogP contribution in [0, 0.1) is 13.8 Å². The normalized spacial score (nSPS) is 17.7. The highest BCUT2D eigenvalue weighted by Crippen LogP contribution is 2.32. The first-order valence-corrected chi connectivity index (χ1v) is 8.63. The van der Waals surface area contributed by atoms with E-state index in [0.29, 0.717) is 4.90 Å². The van der Waals surface area contributed by atoms with Gasteiger partial charge in [0.2, 0.25) is 10.0 Å². The molecule has 0 radical (unpaired) electrons. The van der Waals surface area contributed by atoms with Crippen LogP contribution in [0.25, 0.3) is 0 Å². The quantitative estimate of drug-likeness (QED) is 0.945. The third kappa shape index (κ3) is 2.74. The van der Waals surface area contributed by atoms with Gasteiger partial charge in [0.15, 0.2) is 0 Å². The Labute approximate surface area is 126 Å². The molecule has 1 N–H and O–H groups in total. The summed E-state index contributed by atoms with van der Waals surface area (Å²) in [6.07, 6.45) is 1.75. The lowest BCUT2D eigenvalue weighted by Crippen LogP contribution is -2.27. The Morgan fingerprint density at radius 3 is 2.57 bits per heavy atom. The Morgan fingerprint density at radius 2 is 1.81 bits per heavy atom. The minimum Gasteiger partial charge on any atom is -0.207 e. The lowest BCUT2D eigenvalue weighted by molar-refractivity contribution is 0.554. The lowest BCUT2D eigenvalue weighted by atomic mass is 10.1. The van der Waals surface area contributed by atoms with Crippen molar-refractivity contribution in [3.63, 3.8) is 0 Å². The van der Waals surface area contributed by atoms with Crippen LogP contribution in [0.3, 0.4) is 0 Å². The molecule has 2 aromatic carbocycles. The van der Waals surface area contributed by atoms with Crippen LogP contribution in [0.1, 0.15) is 34.7 Å². The number of aryl methyl sites for hydroxylation is 3. The second kappa shape index (κ2) is 5.28. The van der Waals surface area contributed by atoms with Crippen LogP contribution in [-0.2, 0) is 16.4 Å². The van der Waals surface area contributed by atoms with Gasteiger partial charge in [-0.15, -0.1) is 0 Å². The molecule has 21 heavy (non-hydrogen) atoms. The highest BCUT2D eigenvalue weighted by molar-refractivity contribution is 7.89. The van der Waals surface area contributed by atoms with Crippen molar-refractivity contribution in [3.05, 3.63) is 64.7 Å². The minimum atomic E-state index is -3.48. The highest BCUT2D eigenvalue weighted by Gasteiger charge is 2.27. The Balaban J connectivity index is 1.89. The molecule has 4 heteroatoms. The molecule has 2 aromatic rings. The summed E-state index contributed by atoms with van der Waals surface area (Å²) < 4.78 is 27.9. The Hall–Kier alpha value is -1.65. The van der Waals surface area contributed by atoms with E-state index in [1.165, 1.54) is 5.56 Å². The van der Waals surface area contributed by atoms with Gasteiger partial charge < -0.3 is 0 Å². The van der Waals surface area contributed by atoms with Crippen LogP contribution < -0.4 is 4.72 Å². The fraction of sp³-hybridized carbons (Fsp3) is 0.294. The molecule has 0 aliphatic heterocycles. The SMILES string of the molecule is Cc1ccc(S(=O)(=O)N[C@@H]2CCc3ccccc32)cc1C. The van der Waals surface area contributed by atoms with Crippen LogP contribution in [0.5, 0.6) is 0 Å². The largest absolute Gasteiger partial charge is 0.241 e. The molecule has 1 atom stereocenters. The minimum absolute atomic E-state index is 0.118.